The van der Waals surface area contributed by atoms with Gasteiger partial charge in [-0.25, -0.2) is 4.79 Å². The highest BCUT2D eigenvalue weighted by molar-refractivity contribution is 5.93. The van der Waals surface area contributed by atoms with E-state index in [2.05, 4.69) is 5.10 Å². The Kier molecular flexibility index (Phi) is 3.61. The number of amides is 1. The van der Waals surface area contributed by atoms with E-state index in [4.69, 9.17) is 9.84 Å². The topological polar surface area (TPSA) is 84.7 Å². The van der Waals surface area contributed by atoms with E-state index in [-0.39, 0.29) is 5.91 Å². The van der Waals surface area contributed by atoms with Crippen LogP contribution in [0.1, 0.15) is 23.3 Å². The smallest absolute Gasteiger partial charge is 0.328 e. The number of rotatable bonds is 3. The van der Waals surface area contributed by atoms with E-state index in [9.17, 15) is 9.59 Å². The van der Waals surface area contributed by atoms with Gasteiger partial charge in [0.15, 0.2) is 0 Å². The first kappa shape index (κ1) is 12.6. The number of ether oxygens (including phenoxy) is 1. The standard InChI is InChI=1S/C11H15N3O4/c1-8(11(16)17)14-7-9(6-12-14)10(15)13-2-4-18-5-3-13/h6-8H,2-5H2,1H3,(H,16,17). The van der Waals surface area contributed by atoms with Gasteiger partial charge >= 0.3 is 5.97 Å². The highest BCUT2D eigenvalue weighted by atomic mass is 16.5. The maximum absolute atomic E-state index is 12.1. The summed E-state index contributed by atoms with van der Waals surface area (Å²) in [7, 11) is 0. The minimum Gasteiger partial charge on any atom is -0.480 e. The number of nitrogens with zero attached hydrogens (tertiary/aromatic N) is 3. The number of aromatic nitrogens is 2. The molecule has 1 aromatic rings. The van der Waals surface area contributed by atoms with Crippen LogP contribution in [-0.2, 0) is 9.53 Å². The number of carbonyl (C=O) groups is 2. The lowest BCUT2D eigenvalue weighted by Gasteiger charge is -2.26. The SMILES string of the molecule is CC(C(=O)O)n1cc(C(=O)N2CCOCC2)cn1. The van der Waals surface area contributed by atoms with Crippen molar-refractivity contribution in [2.45, 2.75) is 13.0 Å². The summed E-state index contributed by atoms with van der Waals surface area (Å²) in [6.45, 7) is 3.69. The van der Waals surface area contributed by atoms with Crippen LogP contribution in [0.4, 0.5) is 0 Å². The van der Waals surface area contributed by atoms with Gasteiger partial charge < -0.3 is 14.7 Å². The number of carboxylic acids is 1. The maximum Gasteiger partial charge on any atom is 0.328 e. The van der Waals surface area contributed by atoms with Crippen molar-refractivity contribution in [1.29, 1.82) is 0 Å². The molecule has 1 aliphatic rings. The first-order chi connectivity index (χ1) is 8.59. The predicted octanol–water partition coefficient (Wildman–Crippen LogP) is 0.00110. The van der Waals surface area contributed by atoms with Crippen LogP contribution in [0.2, 0.25) is 0 Å². The average molecular weight is 253 g/mol. The molecule has 1 unspecified atom stereocenters. The molecule has 0 aromatic carbocycles. The summed E-state index contributed by atoms with van der Waals surface area (Å²) in [6, 6.07) is -0.781. The van der Waals surface area contributed by atoms with Crippen molar-refractivity contribution in [3.05, 3.63) is 18.0 Å². The molecular formula is C11H15N3O4. The van der Waals surface area contributed by atoms with E-state index in [1.165, 1.54) is 24.0 Å². The highest BCUT2D eigenvalue weighted by Crippen LogP contribution is 2.10. The molecule has 7 heteroatoms. The van der Waals surface area contributed by atoms with Crippen LogP contribution in [-0.4, -0.2) is 58.0 Å². The molecule has 1 atom stereocenters. The van der Waals surface area contributed by atoms with E-state index >= 15 is 0 Å². The van der Waals surface area contributed by atoms with E-state index in [0.717, 1.165) is 0 Å². The zero-order valence-corrected chi connectivity index (χ0v) is 10.1. The Hall–Kier alpha value is -1.89. The minimum absolute atomic E-state index is 0.137. The third-order valence-electron chi connectivity index (χ3n) is 2.90. The van der Waals surface area contributed by atoms with Crippen LogP contribution in [0.3, 0.4) is 0 Å². The second kappa shape index (κ2) is 5.18. The second-order valence-electron chi connectivity index (χ2n) is 4.13. The highest BCUT2D eigenvalue weighted by Gasteiger charge is 2.21. The predicted molar refractivity (Wildman–Crippen MR) is 61.3 cm³/mol. The van der Waals surface area contributed by atoms with Crippen molar-refractivity contribution in [2.75, 3.05) is 26.3 Å². The van der Waals surface area contributed by atoms with Gasteiger partial charge in [-0.15, -0.1) is 0 Å². The van der Waals surface area contributed by atoms with Crippen LogP contribution in [0.15, 0.2) is 12.4 Å². The molecule has 1 aromatic heterocycles. The molecule has 1 aliphatic heterocycles. The molecule has 0 aliphatic carbocycles. The van der Waals surface area contributed by atoms with Crippen molar-refractivity contribution in [3.63, 3.8) is 0 Å². The van der Waals surface area contributed by atoms with Crippen LogP contribution < -0.4 is 0 Å². The maximum atomic E-state index is 12.1. The first-order valence-corrected chi connectivity index (χ1v) is 5.73. The van der Waals surface area contributed by atoms with Gasteiger partial charge in [0.2, 0.25) is 0 Å². The summed E-state index contributed by atoms with van der Waals surface area (Å²) >= 11 is 0. The van der Waals surface area contributed by atoms with Gasteiger partial charge in [-0.05, 0) is 6.92 Å². The number of hydrogen-bond acceptors (Lipinski definition) is 4. The van der Waals surface area contributed by atoms with E-state index in [0.29, 0.717) is 31.9 Å². The Morgan fingerprint density at radius 3 is 2.72 bits per heavy atom. The van der Waals surface area contributed by atoms with E-state index < -0.39 is 12.0 Å². The van der Waals surface area contributed by atoms with Gasteiger partial charge in [-0.2, -0.15) is 5.10 Å². The summed E-state index contributed by atoms with van der Waals surface area (Å²) < 4.78 is 6.44. The fourth-order valence-electron chi connectivity index (χ4n) is 1.72. The Labute approximate surface area is 104 Å². The van der Waals surface area contributed by atoms with E-state index in [1.54, 1.807) is 4.90 Å². The summed E-state index contributed by atoms with van der Waals surface area (Å²) in [5.41, 5.74) is 0.407. The lowest BCUT2D eigenvalue weighted by atomic mass is 10.3. The Balaban J connectivity index is 2.09. The zero-order valence-electron chi connectivity index (χ0n) is 10.1. The lowest BCUT2D eigenvalue weighted by molar-refractivity contribution is -0.140. The fourth-order valence-corrected chi connectivity index (χ4v) is 1.72. The van der Waals surface area contributed by atoms with Crippen LogP contribution in [0, 0.1) is 0 Å². The largest absolute Gasteiger partial charge is 0.480 e. The number of aliphatic carboxylic acids is 1. The van der Waals surface area contributed by atoms with Gasteiger partial charge in [0.25, 0.3) is 5.91 Å². The average Bonchev–Trinajstić information content (AvgIpc) is 2.87. The Bertz CT molecular complexity index is 451. The van der Waals surface area contributed by atoms with Crippen molar-refractivity contribution < 1.29 is 19.4 Å². The van der Waals surface area contributed by atoms with Gasteiger partial charge in [0.1, 0.15) is 6.04 Å². The molecule has 98 valence electrons. The molecule has 18 heavy (non-hydrogen) atoms. The number of carbonyl (C=O) groups excluding carboxylic acids is 1. The number of morpholine rings is 1. The molecule has 1 saturated heterocycles. The van der Waals surface area contributed by atoms with E-state index in [1.807, 2.05) is 0 Å². The quantitative estimate of drug-likeness (QED) is 0.819. The summed E-state index contributed by atoms with van der Waals surface area (Å²) in [6.07, 6.45) is 2.87. The molecular weight excluding hydrogens is 238 g/mol. The summed E-state index contributed by atoms with van der Waals surface area (Å²) in [5, 5.41) is 12.8. The molecule has 1 N–H and O–H groups in total. The van der Waals surface area contributed by atoms with Crippen LogP contribution in [0.5, 0.6) is 0 Å². The van der Waals surface area contributed by atoms with Crippen molar-refractivity contribution in [2.24, 2.45) is 0 Å². The molecule has 0 spiro atoms. The summed E-state index contributed by atoms with van der Waals surface area (Å²) in [5.74, 6) is -1.12. The Morgan fingerprint density at radius 1 is 1.44 bits per heavy atom. The van der Waals surface area contributed by atoms with Gasteiger partial charge in [-0.1, -0.05) is 0 Å². The monoisotopic (exact) mass is 253 g/mol. The molecule has 1 fully saturated rings. The van der Waals surface area contributed by atoms with Gasteiger partial charge in [0.05, 0.1) is 25.0 Å². The first-order valence-electron chi connectivity index (χ1n) is 5.73. The molecule has 2 rings (SSSR count). The second-order valence-corrected chi connectivity index (χ2v) is 4.13. The van der Waals surface area contributed by atoms with Gasteiger partial charge in [-0.3, -0.25) is 9.48 Å². The normalized spacial score (nSPS) is 17.5. The fraction of sp³-hybridized carbons (Fsp3) is 0.545. The molecule has 7 nitrogen and oxygen atoms in total. The number of hydrogen-bond donors (Lipinski definition) is 1. The third kappa shape index (κ3) is 2.51. The molecule has 2 heterocycles. The van der Waals surface area contributed by atoms with Crippen molar-refractivity contribution in [3.8, 4) is 0 Å². The zero-order chi connectivity index (χ0) is 13.1. The Morgan fingerprint density at radius 2 is 2.11 bits per heavy atom. The minimum atomic E-state index is -0.983. The van der Waals surface area contributed by atoms with Crippen LogP contribution in [0.25, 0.3) is 0 Å². The number of carboxylic acid groups (broad SMARTS) is 1. The van der Waals surface area contributed by atoms with Crippen LogP contribution >= 0.6 is 0 Å². The molecule has 0 radical (unpaired) electrons. The van der Waals surface area contributed by atoms with Crippen molar-refractivity contribution in [1.82, 2.24) is 14.7 Å². The summed E-state index contributed by atoms with van der Waals surface area (Å²) in [4.78, 5) is 24.6. The molecule has 0 saturated carbocycles. The molecule has 1 amide bonds. The molecule has 0 bridgehead atoms. The van der Waals surface area contributed by atoms with Gasteiger partial charge in [0, 0.05) is 19.3 Å². The third-order valence-corrected chi connectivity index (χ3v) is 2.90. The lowest BCUT2D eigenvalue weighted by Crippen LogP contribution is -2.40. The van der Waals surface area contributed by atoms with Crippen molar-refractivity contribution >= 4 is 11.9 Å².